The molecule has 142 valence electrons. The number of carbonyl (C=O) groups excluding carboxylic acids is 1. The lowest BCUT2D eigenvalue weighted by Crippen LogP contribution is -2.47. The molecule has 2 aliphatic rings. The molecule has 0 aromatic heterocycles. The minimum absolute atomic E-state index is 0.239. The Kier molecular flexibility index (Phi) is 6.50. The molecule has 1 aromatic rings. The molecule has 0 bridgehead atoms. The smallest absolute Gasteiger partial charge is 0.222 e. The molecule has 0 spiro atoms. The third kappa shape index (κ3) is 4.75. The van der Waals surface area contributed by atoms with Crippen molar-refractivity contribution in [2.24, 2.45) is 4.99 Å². The predicted octanol–water partition coefficient (Wildman–Crippen LogP) is 1.22. The standard InChI is InChI=1S/C20H31N5O/c1-3-19(26)25-12-9-18(15-25)23-20(21-2)22-10-13-24-11-8-16-6-4-5-7-17(16)14-24/h4-7,18H,3,8-15H2,1-2H3,(H2,21,22,23). The lowest BCUT2D eigenvalue weighted by atomic mass is 10.00. The Morgan fingerprint density at radius 3 is 2.85 bits per heavy atom. The van der Waals surface area contributed by atoms with Crippen LogP contribution in [-0.2, 0) is 17.8 Å². The summed E-state index contributed by atoms with van der Waals surface area (Å²) >= 11 is 0. The van der Waals surface area contributed by atoms with E-state index in [1.54, 1.807) is 7.05 Å². The van der Waals surface area contributed by atoms with Gasteiger partial charge in [0, 0.05) is 58.8 Å². The maximum absolute atomic E-state index is 11.8. The topological polar surface area (TPSA) is 60.0 Å². The number of aliphatic imine (C=N–C) groups is 1. The highest BCUT2D eigenvalue weighted by atomic mass is 16.2. The van der Waals surface area contributed by atoms with E-state index in [4.69, 9.17) is 0 Å². The van der Waals surface area contributed by atoms with E-state index in [0.717, 1.165) is 58.1 Å². The van der Waals surface area contributed by atoms with Crippen LogP contribution < -0.4 is 10.6 Å². The summed E-state index contributed by atoms with van der Waals surface area (Å²) < 4.78 is 0. The molecular formula is C20H31N5O. The SMILES string of the molecule is CCC(=O)N1CCC(NC(=NC)NCCN2CCc3ccccc3C2)C1. The number of fused-ring (bicyclic) bond motifs is 1. The minimum Gasteiger partial charge on any atom is -0.355 e. The van der Waals surface area contributed by atoms with E-state index in [2.05, 4.69) is 44.8 Å². The fourth-order valence-corrected chi connectivity index (χ4v) is 3.79. The van der Waals surface area contributed by atoms with Crippen molar-refractivity contribution in [1.29, 1.82) is 0 Å². The Hall–Kier alpha value is -2.08. The lowest BCUT2D eigenvalue weighted by molar-refractivity contribution is -0.129. The molecular weight excluding hydrogens is 326 g/mol. The van der Waals surface area contributed by atoms with E-state index >= 15 is 0 Å². The van der Waals surface area contributed by atoms with Crippen LogP contribution in [0.5, 0.6) is 0 Å². The van der Waals surface area contributed by atoms with Crippen molar-refractivity contribution in [3.63, 3.8) is 0 Å². The second-order valence-corrected chi connectivity index (χ2v) is 7.12. The van der Waals surface area contributed by atoms with Crippen LogP contribution in [0.2, 0.25) is 0 Å². The van der Waals surface area contributed by atoms with Crippen molar-refractivity contribution in [2.45, 2.75) is 38.8 Å². The Labute approximate surface area is 156 Å². The molecule has 2 aliphatic heterocycles. The number of hydrogen-bond donors (Lipinski definition) is 2. The second kappa shape index (κ2) is 9.03. The van der Waals surface area contributed by atoms with Crippen LogP contribution in [0.3, 0.4) is 0 Å². The third-order valence-corrected chi connectivity index (χ3v) is 5.34. The summed E-state index contributed by atoms with van der Waals surface area (Å²) in [5.74, 6) is 1.07. The lowest BCUT2D eigenvalue weighted by Gasteiger charge is -2.29. The monoisotopic (exact) mass is 357 g/mol. The number of hydrogen-bond acceptors (Lipinski definition) is 3. The normalized spacial score (nSPS) is 20.8. The van der Waals surface area contributed by atoms with Crippen molar-refractivity contribution in [2.75, 3.05) is 39.8 Å². The third-order valence-electron chi connectivity index (χ3n) is 5.34. The number of guanidine groups is 1. The molecule has 26 heavy (non-hydrogen) atoms. The molecule has 1 unspecified atom stereocenters. The van der Waals surface area contributed by atoms with Crippen molar-refractivity contribution in [3.05, 3.63) is 35.4 Å². The predicted molar refractivity (Wildman–Crippen MR) is 105 cm³/mol. The zero-order valence-corrected chi connectivity index (χ0v) is 16.0. The second-order valence-electron chi connectivity index (χ2n) is 7.12. The Bertz CT molecular complexity index is 645. The van der Waals surface area contributed by atoms with E-state index < -0.39 is 0 Å². The highest BCUT2D eigenvalue weighted by molar-refractivity contribution is 5.80. The Morgan fingerprint density at radius 1 is 1.27 bits per heavy atom. The first-order valence-corrected chi connectivity index (χ1v) is 9.73. The highest BCUT2D eigenvalue weighted by Gasteiger charge is 2.25. The molecule has 0 aliphatic carbocycles. The van der Waals surface area contributed by atoms with Gasteiger partial charge in [-0.1, -0.05) is 31.2 Å². The molecule has 3 rings (SSSR count). The maximum Gasteiger partial charge on any atom is 0.222 e. The van der Waals surface area contributed by atoms with Crippen molar-refractivity contribution in [3.8, 4) is 0 Å². The molecule has 0 radical (unpaired) electrons. The summed E-state index contributed by atoms with van der Waals surface area (Å²) in [4.78, 5) is 20.6. The molecule has 2 N–H and O–H groups in total. The quantitative estimate of drug-likeness (QED) is 0.615. The number of likely N-dealkylation sites (tertiary alicyclic amines) is 1. The molecule has 6 heteroatoms. The molecule has 1 atom stereocenters. The number of carbonyl (C=O) groups is 1. The summed E-state index contributed by atoms with van der Waals surface area (Å²) in [6.45, 7) is 7.54. The summed E-state index contributed by atoms with van der Waals surface area (Å²) in [5.41, 5.74) is 2.94. The van der Waals surface area contributed by atoms with Crippen molar-refractivity contribution >= 4 is 11.9 Å². The number of benzene rings is 1. The van der Waals surface area contributed by atoms with E-state index in [9.17, 15) is 4.79 Å². The molecule has 1 aromatic carbocycles. The van der Waals surface area contributed by atoms with E-state index in [0.29, 0.717) is 12.5 Å². The van der Waals surface area contributed by atoms with Crippen LogP contribution in [0.25, 0.3) is 0 Å². The van der Waals surface area contributed by atoms with Crippen LogP contribution in [-0.4, -0.2) is 67.5 Å². The van der Waals surface area contributed by atoms with Gasteiger partial charge in [0.25, 0.3) is 0 Å². The van der Waals surface area contributed by atoms with Crippen LogP contribution in [0, 0.1) is 0 Å². The maximum atomic E-state index is 11.8. The van der Waals surface area contributed by atoms with Gasteiger partial charge < -0.3 is 15.5 Å². The molecule has 1 fully saturated rings. The summed E-state index contributed by atoms with van der Waals surface area (Å²) in [6.07, 6.45) is 2.69. The number of amides is 1. The minimum atomic E-state index is 0.239. The Morgan fingerprint density at radius 2 is 2.08 bits per heavy atom. The summed E-state index contributed by atoms with van der Waals surface area (Å²) in [7, 11) is 1.80. The molecule has 6 nitrogen and oxygen atoms in total. The summed E-state index contributed by atoms with van der Waals surface area (Å²) in [5, 5.41) is 6.87. The van der Waals surface area contributed by atoms with Crippen molar-refractivity contribution in [1.82, 2.24) is 20.4 Å². The molecule has 0 saturated carbocycles. The average Bonchev–Trinajstić information content (AvgIpc) is 3.15. The highest BCUT2D eigenvalue weighted by Crippen LogP contribution is 2.17. The van der Waals surface area contributed by atoms with Crippen LogP contribution in [0.1, 0.15) is 30.9 Å². The van der Waals surface area contributed by atoms with Gasteiger partial charge >= 0.3 is 0 Å². The number of rotatable bonds is 5. The zero-order valence-electron chi connectivity index (χ0n) is 16.0. The van der Waals surface area contributed by atoms with Crippen molar-refractivity contribution < 1.29 is 4.79 Å². The van der Waals surface area contributed by atoms with E-state index in [1.807, 2.05) is 11.8 Å². The van der Waals surface area contributed by atoms with Gasteiger partial charge in [-0.05, 0) is 24.0 Å². The van der Waals surface area contributed by atoms with Gasteiger partial charge in [-0.3, -0.25) is 14.7 Å². The van der Waals surface area contributed by atoms with E-state index in [1.165, 1.54) is 11.1 Å². The summed E-state index contributed by atoms with van der Waals surface area (Å²) in [6, 6.07) is 9.02. The molecule has 1 saturated heterocycles. The molecule has 2 heterocycles. The molecule has 1 amide bonds. The van der Waals surface area contributed by atoms with Crippen LogP contribution in [0.4, 0.5) is 0 Å². The Balaban J connectivity index is 1.39. The first kappa shape index (κ1) is 18.7. The largest absolute Gasteiger partial charge is 0.355 e. The number of nitrogens with zero attached hydrogens (tertiary/aromatic N) is 3. The van der Waals surface area contributed by atoms with Gasteiger partial charge in [0.05, 0.1) is 0 Å². The zero-order chi connectivity index (χ0) is 18.4. The van der Waals surface area contributed by atoms with Crippen LogP contribution >= 0.6 is 0 Å². The first-order chi connectivity index (χ1) is 12.7. The van der Waals surface area contributed by atoms with Gasteiger partial charge in [-0.15, -0.1) is 0 Å². The van der Waals surface area contributed by atoms with Gasteiger partial charge in [0.1, 0.15) is 0 Å². The number of nitrogens with one attached hydrogen (secondary N) is 2. The first-order valence-electron chi connectivity index (χ1n) is 9.73. The van der Waals surface area contributed by atoms with Gasteiger partial charge in [-0.25, -0.2) is 0 Å². The van der Waals surface area contributed by atoms with Crippen LogP contribution in [0.15, 0.2) is 29.3 Å². The fraction of sp³-hybridized carbons (Fsp3) is 0.600. The van der Waals surface area contributed by atoms with E-state index in [-0.39, 0.29) is 5.91 Å². The average molecular weight is 358 g/mol. The van der Waals surface area contributed by atoms with Gasteiger partial charge in [0.15, 0.2) is 5.96 Å². The fourth-order valence-electron chi connectivity index (χ4n) is 3.79. The van der Waals surface area contributed by atoms with Gasteiger partial charge in [-0.2, -0.15) is 0 Å². The van der Waals surface area contributed by atoms with Gasteiger partial charge in [0.2, 0.25) is 5.91 Å².